The molecule has 0 atom stereocenters. The smallest absolute Gasteiger partial charge is 0.145 e. The fourth-order valence-corrected chi connectivity index (χ4v) is 1.51. The average molecular weight is 265 g/mol. The zero-order valence-electron chi connectivity index (χ0n) is 7.85. The predicted molar refractivity (Wildman–Crippen MR) is 62.3 cm³/mol. The van der Waals surface area contributed by atoms with E-state index in [-0.39, 0.29) is 5.75 Å². The van der Waals surface area contributed by atoms with Crippen LogP contribution in [-0.4, -0.2) is 5.11 Å². The van der Waals surface area contributed by atoms with Gasteiger partial charge in [0.2, 0.25) is 0 Å². The fraction of sp³-hybridized carbons (Fsp3) is 0. The molecule has 0 fully saturated rings. The Bertz CT molecular complexity index is 454. The standard InChI is InChI=1S/C12H9BrO2/c13-11-7-6-9(14)8-12(11)15-10-4-2-1-3-5-10/h1-8,14H. The van der Waals surface area contributed by atoms with Gasteiger partial charge in [-0.15, -0.1) is 0 Å². The molecule has 0 amide bonds. The van der Waals surface area contributed by atoms with Gasteiger partial charge in [0.05, 0.1) is 4.47 Å². The molecule has 3 heteroatoms. The highest BCUT2D eigenvalue weighted by Crippen LogP contribution is 2.32. The largest absolute Gasteiger partial charge is 0.508 e. The molecule has 0 saturated carbocycles. The van der Waals surface area contributed by atoms with Gasteiger partial charge in [-0.25, -0.2) is 0 Å². The molecule has 76 valence electrons. The van der Waals surface area contributed by atoms with E-state index in [1.165, 1.54) is 0 Å². The maximum absolute atomic E-state index is 9.31. The van der Waals surface area contributed by atoms with E-state index in [2.05, 4.69) is 15.9 Å². The van der Waals surface area contributed by atoms with Crippen LogP contribution in [0, 0.1) is 0 Å². The van der Waals surface area contributed by atoms with Gasteiger partial charge in [0.25, 0.3) is 0 Å². The third-order valence-corrected chi connectivity index (χ3v) is 2.54. The van der Waals surface area contributed by atoms with Crippen LogP contribution in [0.2, 0.25) is 0 Å². The van der Waals surface area contributed by atoms with Crippen LogP contribution in [0.25, 0.3) is 0 Å². The topological polar surface area (TPSA) is 29.5 Å². The molecule has 0 saturated heterocycles. The highest BCUT2D eigenvalue weighted by molar-refractivity contribution is 9.10. The van der Waals surface area contributed by atoms with Gasteiger partial charge in [-0.1, -0.05) is 18.2 Å². The van der Waals surface area contributed by atoms with E-state index in [9.17, 15) is 5.11 Å². The lowest BCUT2D eigenvalue weighted by Crippen LogP contribution is -1.84. The monoisotopic (exact) mass is 264 g/mol. The van der Waals surface area contributed by atoms with Crippen LogP contribution < -0.4 is 4.74 Å². The summed E-state index contributed by atoms with van der Waals surface area (Å²) in [6.45, 7) is 0. The number of rotatable bonds is 2. The molecule has 2 aromatic carbocycles. The number of ether oxygens (including phenoxy) is 1. The Kier molecular flexibility index (Phi) is 2.92. The van der Waals surface area contributed by atoms with Gasteiger partial charge in [0.15, 0.2) is 0 Å². The number of phenols is 1. The van der Waals surface area contributed by atoms with Gasteiger partial charge in [0.1, 0.15) is 17.2 Å². The number of halogens is 1. The number of hydrogen-bond donors (Lipinski definition) is 1. The van der Waals surface area contributed by atoms with Gasteiger partial charge in [-0.05, 0) is 40.2 Å². The van der Waals surface area contributed by atoms with Crippen LogP contribution in [0.3, 0.4) is 0 Å². The van der Waals surface area contributed by atoms with Crippen molar-refractivity contribution in [2.75, 3.05) is 0 Å². The predicted octanol–water partition coefficient (Wildman–Crippen LogP) is 3.95. The van der Waals surface area contributed by atoms with Crippen molar-refractivity contribution in [1.82, 2.24) is 0 Å². The summed E-state index contributed by atoms with van der Waals surface area (Å²) in [4.78, 5) is 0. The Morgan fingerprint density at radius 1 is 1.00 bits per heavy atom. The van der Waals surface area contributed by atoms with Crippen LogP contribution in [0.4, 0.5) is 0 Å². The summed E-state index contributed by atoms with van der Waals surface area (Å²) in [6, 6.07) is 14.3. The van der Waals surface area contributed by atoms with Crippen LogP contribution in [-0.2, 0) is 0 Å². The quantitative estimate of drug-likeness (QED) is 0.890. The highest BCUT2D eigenvalue weighted by Gasteiger charge is 2.03. The second kappa shape index (κ2) is 4.36. The highest BCUT2D eigenvalue weighted by atomic mass is 79.9. The molecule has 0 bridgehead atoms. The molecule has 0 aliphatic heterocycles. The average Bonchev–Trinajstić information content (AvgIpc) is 2.25. The minimum atomic E-state index is 0.184. The Morgan fingerprint density at radius 2 is 1.73 bits per heavy atom. The third-order valence-electron chi connectivity index (χ3n) is 1.89. The molecule has 2 aromatic rings. The number of benzene rings is 2. The van der Waals surface area contributed by atoms with Crippen molar-refractivity contribution in [3.63, 3.8) is 0 Å². The van der Waals surface area contributed by atoms with Gasteiger partial charge >= 0.3 is 0 Å². The molecule has 0 unspecified atom stereocenters. The second-order valence-corrected chi connectivity index (χ2v) is 3.88. The van der Waals surface area contributed by atoms with Gasteiger partial charge in [-0.2, -0.15) is 0 Å². The summed E-state index contributed by atoms with van der Waals surface area (Å²) in [5.41, 5.74) is 0. The lowest BCUT2D eigenvalue weighted by atomic mass is 10.3. The van der Waals surface area contributed by atoms with Gasteiger partial charge in [-0.3, -0.25) is 0 Å². The van der Waals surface area contributed by atoms with E-state index >= 15 is 0 Å². The van der Waals surface area contributed by atoms with Crippen molar-refractivity contribution in [3.8, 4) is 17.2 Å². The molecule has 2 rings (SSSR count). The molecule has 0 aliphatic rings. The lowest BCUT2D eigenvalue weighted by Gasteiger charge is -2.07. The first-order valence-corrected chi connectivity index (χ1v) is 5.26. The van der Waals surface area contributed by atoms with Crippen molar-refractivity contribution < 1.29 is 9.84 Å². The minimum Gasteiger partial charge on any atom is -0.508 e. The second-order valence-electron chi connectivity index (χ2n) is 3.03. The molecule has 1 N–H and O–H groups in total. The van der Waals surface area contributed by atoms with Crippen molar-refractivity contribution in [2.45, 2.75) is 0 Å². The van der Waals surface area contributed by atoms with Crippen LogP contribution in [0.5, 0.6) is 17.2 Å². The first-order valence-electron chi connectivity index (χ1n) is 4.47. The Morgan fingerprint density at radius 3 is 2.47 bits per heavy atom. The van der Waals surface area contributed by atoms with E-state index in [0.29, 0.717) is 5.75 Å². The van der Waals surface area contributed by atoms with Crippen LogP contribution in [0.15, 0.2) is 53.0 Å². The summed E-state index contributed by atoms with van der Waals surface area (Å²) in [6.07, 6.45) is 0. The van der Waals surface area contributed by atoms with Crippen molar-refractivity contribution >= 4 is 15.9 Å². The molecule has 0 radical (unpaired) electrons. The summed E-state index contributed by atoms with van der Waals surface area (Å²) >= 11 is 3.35. The van der Waals surface area contributed by atoms with E-state index in [1.54, 1.807) is 18.2 Å². The van der Waals surface area contributed by atoms with E-state index in [1.807, 2.05) is 30.3 Å². The zero-order chi connectivity index (χ0) is 10.7. The molecule has 15 heavy (non-hydrogen) atoms. The maximum Gasteiger partial charge on any atom is 0.145 e. The van der Waals surface area contributed by atoms with Crippen molar-refractivity contribution in [2.24, 2.45) is 0 Å². The number of para-hydroxylation sites is 1. The van der Waals surface area contributed by atoms with Gasteiger partial charge < -0.3 is 9.84 Å². The Balaban J connectivity index is 2.28. The Hall–Kier alpha value is -1.48. The fourth-order valence-electron chi connectivity index (χ4n) is 1.19. The van der Waals surface area contributed by atoms with Crippen LogP contribution in [0.1, 0.15) is 0 Å². The van der Waals surface area contributed by atoms with E-state index in [0.717, 1.165) is 10.2 Å². The van der Waals surface area contributed by atoms with Crippen molar-refractivity contribution in [1.29, 1.82) is 0 Å². The molecule has 0 aromatic heterocycles. The molecule has 2 nitrogen and oxygen atoms in total. The normalized spacial score (nSPS) is 9.93. The molecular weight excluding hydrogens is 256 g/mol. The first-order chi connectivity index (χ1) is 7.25. The molecule has 0 heterocycles. The number of aromatic hydroxyl groups is 1. The number of phenolic OH excluding ortho intramolecular Hbond substituents is 1. The molecular formula is C12H9BrO2. The zero-order valence-corrected chi connectivity index (χ0v) is 9.44. The summed E-state index contributed by atoms with van der Waals surface area (Å²) in [7, 11) is 0. The summed E-state index contributed by atoms with van der Waals surface area (Å²) in [5, 5.41) is 9.31. The van der Waals surface area contributed by atoms with Crippen LogP contribution >= 0.6 is 15.9 Å². The summed E-state index contributed by atoms with van der Waals surface area (Å²) < 4.78 is 6.39. The first kappa shape index (κ1) is 10.1. The lowest BCUT2D eigenvalue weighted by molar-refractivity contribution is 0.453. The van der Waals surface area contributed by atoms with E-state index < -0.39 is 0 Å². The van der Waals surface area contributed by atoms with E-state index in [4.69, 9.17) is 4.74 Å². The van der Waals surface area contributed by atoms with Crippen molar-refractivity contribution in [3.05, 3.63) is 53.0 Å². The maximum atomic E-state index is 9.31. The minimum absolute atomic E-state index is 0.184. The molecule has 0 aliphatic carbocycles. The molecule has 0 spiro atoms. The Labute approximate surface area is 96.3 Å². The number of hydrogen-bond acceptors (Lipinski definition) is 2. The SMILES string of the molecule is Oc1ccc(Br)c(Oc2ccccc2)c1. The summed E-state index contributed by atoms with van der Waals surface area (Å²) in [5.74, 6) is 1.52. The van der Waals surface area contributed by atoms with Gasteiger partial charge in [0, 0.05) is 6.07 Å². The third kappa shape index (κ3) is 2.50.